The van der Waals surface area contributed by atoms with Gasteiger partial charge in [0.15, 0.2) is 0 Å². The molecule has 0 aliphatic heterocycles. The molecule has 0 saturated heterocycles. The molecular formula is C7H15NO. The first-order chi connectivity index (χ1) is 4.24. The van der Waals surface area contributed by atoms with Crippen LogP contribution >= 0.6 is 0 Å². The molecule has 1 rings (SSSR count). The van der Waals surface area contributed by atoms with E-state index in [2.05, 4.69) is 19.2 Å². The van der Waals surface area contributed by atoms with Crippen molar-refractivity contribution in [2.45, 2.75) is 32.4 Å². The van der Waals surface area contributed by atoms with Crippen molar-refractivity contribution in [3.63, 3.8) is 0 Å². The molecule has 2 N–H and O–H groups in total. The minimum Gasteiger partial charge on any atom is -0.396 e. The van der Waals surface area contributed by atoms with Crippen molar-refractivity contribution in [2.24, 2.45) is 5.92 Å². The fraction of sp³-hybridized carbons (Fsp3) is 1.00. The number of aliphatic hydroxyl groups is 1. The van der Waals surface area contributed by atoms with Crippen LogP contribution in [0.15, 0.2) is 0 Å². The highest BCUT2D eigenvalue weighted by molar-refractivity contribution is 4.93. The predicted molar refractivity (Wildman–Crippen MR) is 37.3 cm³/mol. The molecule has 0 radical (unpaired) electrons. The number of aliphatic hydroxyl groups excluding tert-OH is 1. The molecule has 1 saturated carbocycles. The quantitative estimate of drug-likeness (QED) is 0.577. The van der Waals surface area contributed by atoms with Crippen LogP contribution in [0.25, 0.3) is 0 Å². The van der Waals surface area contributed by atoms with Gasteiger partial charge in [0.1, 0.15) is 0 Å². The molecule has 9 heavy (non-hydrogen) atoms. The van der Waals surface area contributed by atoms with Crippen molar-refractivity contribution in [1.82, 2.24) is 5.32 Å². The Morgan fingerprint density at radius 2 is 2.33 bits per heavy atom. The Kier molecular flexibility index (Phi) is 2.09. The van der Waals surface area contributed by atoms with E-state index in [1.807, 2.05) is 0 Å². The fourth-order valence-corrected chi connectivity index (χ4v) is 1.08. The molecular weight excluding hydrogens is 114 g/mol. The highest BCUT2D eigenvalue weighted by Gasteiger charge is 2.35. The average Bonchev–Trinajstić information content (AvgIpc) is 2.45. The van der Waals surface area contributed by atoms with Gasteiger partial charge in [-0.2, -0.15) is 0 Å². The van der Waals surface area contributed by atoms with Crippen LogP contribution in [-0.2, 0) is 0 Å². The van der Waals surface area contributed by atoms with Gasteiger partial charge in [0, 0.05) is 18.7 Å². The Morgan fingerprint density at radius 3 is 2.67 bits per heavy atom. The smallest absolute Gasteiger partial charge is 0.0474 e. The lowest BCUT2D eigenvalue weighted by Crippen LogP contribution is -2.26. The van der Waals surface area contributed by atoms with Gasteiger partial charge in [-0.25, -0.2) is 0 Å². The molecule has 0 heterocycles. The minimum absolute atomic E-state index is 0.352. The number of nitrogens with one attached hydrogen (secondary N) is 1. The zero-order valence-electron chi connectivity index (χ0n) is 6.09. The van der Waals surface area contributed by atoms with E-state index < -0.39 is 0 Å². The van der Waals surface area contributed by atoms with E-state index in [0.29, 0.717) is 24.6 Å². The van der Waals surface area contributed by atoms with Gasteiger partial charge in [-0.1, -0.05) is 13.8 Å². The first-order valence-electron chi connectivity index (χ1n) is 3.61. The summed E-state index contributed by atoms with van der Waals surface area (Å²) in [4.78, 5) is 0. The Balaban J connectivity index is 2.05. The summed E-state index contributed by atoms with van der Waals surface area (Å²) in [7, 11) is 0. The Hall–Kier alpha value is -0.0800. The van der Waals surface area contributed by atoms with Gasteiger partial charge < -0.3 is 10.4 Å². The van der Waals surface area contributed by atoms with Crippen molar-refractivity contribution in [2.75, 3.05) is 6.61 Å². The Morgan fingerprint density at radius 1 is 1.67 bits per heavy atom. The maximum Gasteiger partial charge on any atom is 0.0474 e. The fourth-order valence-electron chi connectivity index (χ4n) is 1.08. The maximum atomic E-state index is 8.65. The molecule has 54 valence electrons. The third-order valence-electron chi connectivity index (χ3n) is 1.70. The summed E-state index contributed by atoms with van der Waals surface area (Å²) >= 11 is 0. The molecule has 2 heteroatoms. The summed E-state index contributed by atoms with van der Waals surface area (Å²) in [6.07, 6.45) is 1.16. The van der Waals surface area contributed by atoms with Gasteiger partial charge in [0.2, 0.25) is 0 Å². The highest BCUT2D eigenvalue weighted by Crippen LogP contribution is 2.29. The second-order valence-corrected chi connectivity index (χ2v) is 3.11. The summed E-state index contributed by atoms with van der Waals surface area (Å²) in [5, 5.41) is 12.0. The van der Waals surface area contributed by atoms with Gasteiger partial charge in [-0.05, 0) is 12.3 Å². The Labute approximate surface area is 56.3 Å². The van der Waals surface area contributed by atoms with Crippen molar-refractivity contribution >= 4 is 0 Å². The summed E-state index contributed by atoms with van der Waals surface area (Å²) in [5.74, 6) is 0.549. The second-order valence-electron chi connectivity index (χ2n) is 3.11. The van der Waals surface area contributed by atoms with Gasteiger partial charge in [0.05, 0.1) is 0 Å². The highest BCUT2D eigenvalue weighted by atomic mass is 16.3. The molecule has 0 unspecified atom stereocenters. The normalized spacial score (nSPS) is 33.3. The van der Waals surface area contributed by atoms with Crippen molar-refractivity contribution < 1.29 is 5.11 Å². The zero-order chi connectivity index (χ0) is 6.85. The van der Waals surface area contributed by atoms with Crippen LogP contribution in [-0.4, -0.2) is 23.8 Å². The second kappa shape index (κ2) is 2.67. The molecule has 0 aromatic heterocycles. The summed E-state index contributed by atoms with van der Waals surface area (Å²) in [6, 6.07) is 1.17. The SMILES string of the molecule is CC(C)N[C@@H]1C[C@H]1CO. The molecule has 0 bridgehead atoms. The van der Waals surface area contributed by atoms with Gasteiger partial charge in [-0.15, -0.1) is 0 Å². The number of rotatable bonds is 3. The van der Waals surface area contributed by atoms with Crippen molar-refractivity contribution in [3.8, 4) is 0 Å². The lowest BCUT2D eigenvalue weighted by Gasteiger charge is -2.05. The number of hydrogen-bond donors (Lipinski definition) is 2. The molecule has 2 nitrogen and oxygen atoms in total. The third-order valence-corrected chi connectivity index (χ3v) is 1.70. The van der Waals surface area contributed by atoms with Gasteiger partial charge >= 0.3 is 0 Å². The standard InChI is InChI=1S/C7H15NO/c1-5(2)8-7-3-6(7)4-9/h5-9H,3-4H2,1-2H3/t6-,7+/m0/s1. The molecule has 0 aromatic rings. The van der Waals surface area contributed by atoms with E-state index >= 15 is 0 Å². The predicted octanol–water partition coefficient (Wildman–Crippen LogP) is 0.365. The zero-order valence-corrected chi connectivity index (χ0v) is 6.09. The van der Waals surface area contributed by atoms with E-state index in [1.165, 1.54) is 0 Å². The molecule has 0 amide bonds. The van der Waals surface area contributed by atoms with Gasteiger partial charge in [0.25, 0.3) is 0 Å². The van der Waals surface area contributed by atoms with Crippen LogP contribution in [0.2, 0.25) is 0 Å². The van der Waals surface area contributed by atoms with Crippen LogP contribution in [0.4, 0.5) is 0 Å². The summed E-state index contributed by atoms with van der Waals surface area (Å²) < 4.78 is 0. The van der Waals surface area contributed by atoms with Gasteiger partial charge in [-0.3, -0.25) is 0 Å². The van der Waals surface area contributed by atoms with Crippen LogP contribution in [0.1, 0.15) is 20.3 Å². The van der Waals surface area contributed by atoms with Crippen molar-refractivity contribution in [3.05, 3.63) is 0 Å². The molecule has 1 aliphatic carbocycles. The van der Waals surface area contributed by atoms with E-state index in [-0.39, 0.29) is 0 Å². The maximum absolute atomic E-state index is 8.65. The van der Waals surface area contributed by atoms with E-state index in [1.54, 1.807) is 0 Å². The van der Waals surface area contributed by atoms with E-state index in [0.717, 1.165) is 6.42 Å². The third kappa shape index (κ3) is 1.95. The molecule has 2 atom stereocenters. The number of hydrogen-bond acceptors (Lipinski definition) is 2. The first kappa shape index (κ1) is 7.03. The Bertz CT molecular complexity index is 92.9. The molecule has 0 spiro atoms. The average molecular weight is 129 g/mol. The van der Waals surface area contributed by atoms with Crippen LogP contribution in [0, 0.1) is 5.92 Å². The monoisotopic (exact) mass is 129 g/mol. The molecule has 0 aromatic carbocycles. The lowest BCUT2D eigenvalue weighted by molar-refractivity contribution is 0.269. The van der Waals surface area contributed by atoms with Crippen LogP contribution in [0.3, 0.4) is 0 Å². The molecule has 1 fully saturated rings. The van der Waals surface area contributed by atoms with E-state index in [9.17, 15) is 0 Å². The van der Waals surface area contributed by atoms with E-state index in [4.69, 9.17) is 5.11 Å². The van der Waals surface area contributed by atoms with Crippen molar-refractivity contribution in [1.29, 1.82) is 0 Å². The largest absolute Gasteiger partial charge is 0.396 e. The van der Waals surface area contributed by atoms with Crippen LogP contribution in [0.5, 0.6) is 0 Å². The minimum atomic E-state index is 0.352. The summed E-state index contributed by atoms with van der Waals surface area (Å²) in [5.41, 5.74) is 0. The lowest BCUT2D eigenvalue weighted by atomic mass is 10.3. The first-order valence-corrected chi connectivity index (χ1v) is 3.61. The van der Waals surface area contributed by atoms with Crippen LogP contribution < -0.4 is 5.32 Å². The molecule has 1 aliphatic rings. The summed E-state index contributed by atoms with van der Waals surface area (Å²) in [6.45, 7) is 4.61. The topological polar surface area (TPSA) is 32.3 Å².